The normalized spacial score (nSPS) is 12.6. The fraction of sp³-hybridized carbons (Fsp3) is 0.770. The predicted octanol–water partition coefficient (Wildman–Crippen LogP) is 23.8. The van der Waals surface area contributed by atoms with Gasteiger partial charge in [0, 0.05) is 19.3 Å². The minimum absolute atomic E-state index is 0.0754. The van der Waals surface area contributed by atoms with Gasteiger partial charge >= 0.3 is 17.9 Å². The third-order valence-corrected chi connectivity index (χ3v) is 15.2. The average molecular weight is 1120 g/mol. The van der Waals surface area contributed by atoms with E-state index >= 15 is 0 Å². The fourth-order valence-electron chi connectivity index (χ4n) is 10.0. The van der Waals surface area contributed by atoms with Gasteiger partial charge < -0.3 is 14.2 Å². The van der Waals surface area contributed by atoms with Gasteiger partial charge in [0.1, 0.15) is 13.2 Å². The van der Waals surface area contributed by atoms with Gasteiger partial charge in [0.2, 0.25) is 0 Å². The highest BCUT2D eigenvalue weighted by Crippen LogP contribution is 2.18. The molecule has 6 heteroatoms. The zero-order valence-corrected chi connectivity index (χ0v) is 53.1. The summed E-state index contributed by atoms with van der Waals surface area (Å²) in [5.41, 5.74) is 0. The molecule has 0 amide bonds. The number of allylic oxidation sites excluding steroid dienone is 14. The lowest BCUT2D eigenvalue weighted by atomic mass is 10.0. The Hall–Kier alpha value is -3.41. The van der Waals surface area contributed by atoms with E-state index in [1.165, 1.54) is 199 Å². The highest BCUT2D eigenvalue weighted by Gasteiger charge is 2.19. The lowest BCUT2D eigenvalue weighted by Gasteiger charge is -2.18. The largest absolute Gasteiger partial charge is 0.462 e. The van der Waals surface area contributed by atoms with Crippen LogP contribution >= 0.6 is 0 Å². The van der Waals surface area contributed by atoms with Crippen molar-refractivity contribution >= 4 is 17.9 Å². The van der Waals surface area contributed by atoms with E-state index in [9.17, 15) is 14.4 Å². The lowest BCUT2D eigenvalue weighted by Crippen LogP contribution is -2.30. The summed E-state index contributed by atoms with van der Waals surface area (Å²) in [6.07, 6.45) is 90.5. The second-order valence-electron chi connectivity index (χ2n) is 23.1. The van der Waals surface area contributed by atoms with Gasteiger partial charge in [-0.2, -0.15) is 0 Å². The van der Waals surface area contributed by atoms with Crippen molar-refractivity contribution in [3.8, 4) is 0 Å². The number of hydrogen-bond donors (Lipinski definition) is 0. The number of esters is 3. The molecule has 1 unspecified atom stereocenters. The molecule has 0 aliphatic rings. The molecule has 6 nitrogen and oxygen atoms in total. The Labute approximate surface area is 496 Å². The van der Waals surface area contributed by atoms with Crippen LogP contribution in [0.25, 0.3) is 0 Å². The Kier molecular flexibility index (Phi) is 65.2. The first-order chi connectivity index (χ1) is 39.5. The molecule has 0 aliphatic heterocycles. The third kappa shape index (κ3) is 65.4. The predicted molar refractivity (Wildman–Crippen MR) is 348 cm³/mol. The second-order valence-corrected chi connectivity index (χ2v) is 23.1. The maximum Gasteiger partial charge on any atom is 0.306 e. The number of hydrogen-bond acceptors (Lipinski definition) is 6. The van der Waals surface area contributed by atoms with Crippen molar-refractivity contribution in [2.75, 3.05) is 13.2 Å². The van der Waals surface area contributed by atoms with Crippen LogP contribution in [0, 0.1) is 0 Å². The Morgan fingerprint density at radius 3 is 0.762 bits per heavy atom. The van der Waals surface area contributed by atoms with Crippen LogP contribution in [0.15, 0.2) is 85.1 Å². The quantitative estimate of drug-likeness (QED) is 0.0261. The van der Waals surface area contributed by atoms with Gasteiger partial charge in [-0.3, -0.25) is 14.4 Å². The molecule has 0 bridgehead atoms. The summed E-state index contributed by atoms with van der Waals surface area (Å²) in [5, 5.41) is 0. The number of ether oxygens (including phenoxy) is 3. The SMILES string of the molecule is CC/C=C\C/C=C\C/C=C\C/C=C\C/C=C\C/C=C\C/C=C\CCCCCCCCCC(=O)OCC(COC(=O)CCCCCCCCCCC)OC(=O)CCCCCCCCCCCCCCCCCCCCCCCCCC. The molecule has 0 rings (SSSR count). The molecule has 0 aromatic rings. The Morgan fingerprint density at radius 1 is 0.263 bits per heavy atom. The summed E-state index contributed by atoms with van der Waals surface area (Å²) in [7, 11) is 0. The zero-order valence-electron chi connectivity index (χ0n) is 53.1. The van der Waals surface area contributed by atoms with Crippen LogP contribution in [0.5, 0.6) is 0 Å². The summed E-state index contributed by atoms with van der Waals surface area (Å²) in [4.78, 5) is 38.3. The van der Waals surface area contributed by atoms with E-state index in [0.29, 0.717) is 19.3 Å². The molecule has 0 aliphatic carbocycles. The number of rotatable bonds is 63. The molecule has 0 radical (unpaired) electrons. The first kappa shape index (κ1) is 76.6. The van der Waals surface area contributed by atoms with Crippen LogP contribution in [-0.4, -0.2) is 37.2 Å². The van der Waals surface area contributed by atoms with Gasteiger partial charge in [-0.05, 0) is 77.0 Å². The standard InChI is InChI=1S/C74H130O6/c1-4-7-10-13-16-19-21-23-25-27-29-31-33-35-36-37-38-39-41-42-44-46-48-50-52-55-58-61-64-67-73(76)79-70-71(69-78-72(75)66-63-60-57-54-18-15-12-9-6-3)80-74(77)68-65-62-59-56-53-51-49-47-45-43-40-34-32-30-28-26-24-22-20-17-14-11-8-5-2/h7,10,16,19,23,25,29,31,35-36,38-39,42,44,71H,4-6,8-9,11-15,17-18,20-22,24,26-28,30,32-34,37,40-41,43,45-70H2,1-3H3/b10-7-,19-16-,25-23-,31-29-,36-35-,39-38-,44-42-. The molecule has 0 saturated carbocycles. The van der Waals surface area contributed by atoms with Gasteiger partial charge in [0.25, 0.3) is 0 Å². The van der Waals surface area contributed by atoms with Crippen molar-refractivity contribution in [3.63, 3.8) is 0 Å². The smallest absolute Gasteiger partial charge is 0.306 e. The minimum atomic E-state index is -0.778. The summed E-state index contributed by atoms with van der Waals surface area (Å²) < 4.78 is 16.9. The average Bonchev–Trinajstić information content (AvgIpc) is 3.46. The Balaban J connectivity index is 4.19. The monoisotopic (exact) mass is 1110 g/mol. The number of carbonyl (C=O) groups excluding carboxylic acids is 3. The van der Waals surface area contributed by atoms with Gasteiger partial charge in [-0.1, -0.05) is 337 Å². The molecular weight excluding hydrogens is 985 g/mol. The van der Waals surface area contributed by atoms with Crippen molar-refractivity contribution in [2.24, 2.45) is 0 Å². The van der Waals surface area contributed by atoms with E-state index in [0.717, 1.165) is 109 Å². The molecule has 462 valence electrons. The summed E-state index contributed by atoms with van der Waals surface area (Å²) >= 11 is 0. The summed E-state index contributed by atoms with van der Waals surface area (Å²) in [6, 6.07) is 0. The second kappa shape index (κ2) is 68.1. The van der Waals surface area contributed by atoms with E-state index in [4.69, 9.17) is 14.2 Å². The summed E-state index contributed by atoms with van der Waals surface area (Å²) in [6.45, 7) is 6.54. The van der Waals surface area contributed by atoms with Crippen LogP contribution in [0.2, 0.25) is 0 Å². The van der Waals surface area contributed by atoms with Crippen molar-refractivity contribution in [1.82, 2.24) is 0 Å². The van der Waals surface area contributed by atoms with E-state index in [2.05, 4.69) is 106 Å². The molecule has 0 heterocycles. The Morgan fingerprint density at radius 2 is 0.487 bits per heavy atom. The molecule has 0 N–H and O–H groups in total. The zero-order chi connectivity index (χ0) is 57.8. The first-order valence-corrected chi connectivity index (χ1v) is 34.6. The molecule has 0 spiro atoms. The van der Waals surface area contributed by atoms with Crippen LogP contribution in [0.1, 0.15) is 348 Å². The van der Waals surface area contributed by atoms with Crippen molar-refractivity contribution in [3.05, 3.63) is 85.1 Å². The third-order valence-electron chi connectivity index (χ3n) is 15.2. The van der Waals surface area contributed by atoms with Crippen LogP contribution < -0.4 is 0 Å². The van der Waals surface area contributed by atoms with Crippen LogP contribution in [-0.2, 0) is 28.6 Å². The van der Waals surface area contributed by atoms with E-state index in [-0.39, 0.29) is 31.1 Å². The lowest BCUT2D eigenvalue weighted by molar-refractivity contribution is -0.167. The van der Waals surface area contributed by atoms with E-state index in [1.807, 2.05) is 0 Å². The molecular formula is C74H130O6. The first-order valence-electron chi connectivity index (χ1n) is 34.6. The molecule has 0 aromatic heterocycles. The molecule has 0 fully saturated rings. The minimum Gasteiger partial charge on any atom is -0.462 e. The summed E-state index contributed by atoms with van der Waals surface area (Å²) in [5.74, 6) is -0.872. The number of unbranched alkanes of at least 4 members (excludes halogenated alkanes) is 38. The number of carbonyl (C=O) groups is 3. The topological polar surface area (TPSA) is 78.9 Å². The maximum atomic E-state index is 12.9. The highest BCUT2D eigenvalue weighted by molar-refractivity contribution is 5.71. The highest BCUT2D eigenvalue weighted by atomic mass is 16.6. The van der Waals surface area contributed by atoms with Gasteiger partial charge in [0.15, 0.2) is 6.10 Å². The van der Waals surface area contributed by atoms with Gasteiger partial charge in [-0.15, -0.1) is 0 Å². The molecule has 0 aromatic carbocycles. The van der Waals surface area contributed by atoms with E-state index < -0.39 is 6.10 Å². The van der Waals surface area contributed by atoms with E-state index in [1.54, 1.807) is 0 Å². The van der Waals surface area contributed by atoms with Crippen LogP contribution in [0.4, 0.5) is 0 Å². The van der Waals surface area contributed by atoms with Gasteiger partial charge in [0.05, 0.1) is 0 Å². The van der Waals surface area contributed by atoms with Crippen molar-refractivity contribution in [2.45, 2.75) is 354 Å². The fourth-order valence-corrected chi connectivity index (χ4v) is 10.0. The molecule has 80 heavy (non-hydrogen) atoms. The van der Waals surface area contributed by atoms with Crippen LogP contribution in [0.3, 0.4) is 0 Å². The molecule has 0 saturated heterocycles. The van der Waals surface area contributed by atoms with Gasteiger partial charge in [-0.25, -0.2) is 0 Å². The van der Waals surface area contributed by atoms with Crippen molar-refractivity contribution < 1.29 is 28.6 Å². The Bertz CT molecular complexity index is 1520. The maximum absolute atomic E-state index is 12.9. The molecule has 1 atom stereocenters. The van der Waals surface area contributed by atoms with Crippen molar-refractivity contribution in [1.29, 1.82) is 0 Å².